The van der Waals surface area contributed by atoms with Crippen LogP contribution in [-0.2, 0) is 6.42 Å². The SMILES string of the molecule is NC1N(C(=O)c2ccccc2)CC2c3ccccc3Cc3ccccc3N21. The number of benzene rings is 3. The van der Waals surface area contributed by atoms with E-state index >= 15 is 0 Å². The number of hydrogen-bond donors (Lipinski definition) is 1. The number of amides is 1. The Bertz CT molecular complexity index is 1000. The Morgan fingerprint density at radius 3 is 2.33 bits per heavy atom. The Labute approximate surface area is 158 Å². The van der Waals surface area contributed by atoms with Crippen LogP contribution in [0.15, 0.2) is 78.9 Å². The third-order valence-electron chi connectivity index (χ3n) is 5.66. The van der Waals surface area contributed by atoms with Crippen LogP contribution in [0.4, 0.5) is 5.69 Å². The zero-order chi connectivity index (χ0) is 18.4. The molecule has 1 saturated heterocycles. The highest BCUT2D eigenvalue weighted by molar-refractivity contribution is 5.95. The number of para-hydroxylation sites is 1. The van der Waals surface area contributed by atoms with E-state index in [-0.39, 0.29) is 11.9 Å². The Morgan fingerprint density at radius 2 is 1.52 bits per heavy atom. The van der Waals surface area contributed by atoms with Gasteiger partial charge in [0.1, 0.15) is 0 Å². The molecule has 2 heterocycles. The van der Waals surface area contributed by atoms with Crippen molar-refractivity contribution in [2.45, 2.75) is 18.8 Å². The van der Waals surface area contributed by atoms with Crippen LogP contribution in [0.25, 0.3) is 0 Å². The molecule has 0 spiro atoms. The van der Waals surface area contributed by atoms with Crippen molar-refractivity contribution in [2.24, 2.45) is 5.73 Å². The summed E-state index contributed by atoms with van der Waals surface area (Å²) in [5, 5.41) is 0. The molecule has 2 atom stereocenters. The number of hydrogen-bond acceptors (Lipinski definition) is 3. The third kappa shape index (κ3) is 2.53. The molecule has 0 aromatic heterocycles. The van der Waals surface area contributed by atoms with Gasteiger partial charge in [-0.05, 0) is 41.3 Å². The highest BCUT2D eigenvalue weighted by Gasteiger charge is 2.43. The van der Waals surface area contributed by atoms with Crippen molar-refractivity contribution in [3.8, 4) is 0 Å². The van der Waals surface area contributed by atoms with Gasteiger partial charge in [0.05, 0.1) is 6.04 Å². The van der Waals surface area contributed by atoms with Gasteiger partial charge in [0.15, 0.2) is 6.29 Å². The van der Waals surface area contributed by atoms with E-state index in [0.29, 0.717) is 12.1 Å². The quantitative estimate of drug-likeness (QED) is 0.726. The average molecular weight is 355 g/mol. The van der Waals surface area contributed by atoms with Crippen LogP contribution in [-0.4, -0.2) is 23.6 Å². The summed E-state index contributed by atoms with van der Waals surface area (Å²) in [6.45, 7) is 0.584. The van der Waals surface area contributed by atoms with Gasteiger partial charge in [0.25, 0.3) is 5.91 Å². The average Bonchev–Trinajstić information content (AvgIpc) is 2.98. The number of fused-ring (bicyclic) bond motifs is 5. The molecule has 2 aliphatic heterocycles. The number of carbonyl (C=O) groups excluding carboxylic acids is 1. The first kappa shape index (κ1) is 16.1. The molecule has 0 saturated carbocycles. The van der Waals surface area contributed by atoms with Crippen LogP contribution in [0.3, 0.4) is 0 Å². The van der Waals surface area contributed by atoms with E-state index in [1.807, 2.05) is 36.4 Å². The second-order valence-corrected chi connectivity index (χ2v) is 7.16. The molecule has 27 heavy (non-hydrogen) atoms. The first-order valence-electron chi connectivity index (χ1n) is 9.29. The van der Waals surface area contributed by atoms with Gasteiger partial charge in [0.2, 0.25) is 0 Å². The van der Waals surface area contributed by atoms with Crippen LogP contribution < -0.4 is 10.6 Å². The van der Waals surface area contributed by atoms with Gasteiger partial charge in [-0.1, -0.05) is 60.7 Å². The number of carbonyl (C=O) groups is 1. The minimum Gasteiger partial charge on any atom is -0.330 e. The number of anilines is 1. The topological polar surface area (TPSA) is 49.6 Å². The largest absolute Gasteiger partial charge is 0.330 e. The number of nitrogens with two attached hydrogens (primary N) is 1. The molecule has 1 fully saturated rings. The molecule has 1 amide bonds. The van der Waals surface area contributed by atoms with Gasteiger partial charge in [-0.15, -0.1) is 0 Å². The fraction of sp³-hybridized carbons (Fsp3) is 0.174. The van der Waals surface area contributed by atoms with E-state index in [1.54, 1.807) is 4.90 Å². The molecule has 3 aromatic rings. The Balaban J connectivity index is 1.62. The van der Waals surface area contributed by atoms with Gasteiger partial charge in [-0.2, -0.15) is 0 Å². The normalized spacial score (nSPS) is 20.5. The number of nitrogens with zero attached hydrogens (tertiary/aromatic N) is 2. The van der Waals surface area contributed by atoms with Gasteiger partial charge in [-0.25, -0.2) is 0 Å². The molecule has 3 aromatic carbocycles. The van der Waals surface area contributed by atoms with E-state index in [0.717, 1.165) is 12.1 Å². The Morgan fingerprint density at radius 1 is 0.852 bits per heavy atom. The molecule has 134 valence electrons. The third-order valence-corrected chi connectivity index (χ3v) is 5.66. The van der Waals surface area contributed by atoms with Crippen LogP contribution in [0.5, 0.6) is 0 Å². The molecule has 2 N–H and O–H groups in total. The summed E-state index contributed by atoms with van der Waals surface area (Å²) < 4.78 is 0. The predicted molar refractivity (Wildman–Crippen MR) is 106 cm³/mol. The lowest BCUT2D eigenvalue weighted by atomic mass is 9.97. The number of rotatable bonds is 1. The smallest absolute Gasteiger partial charge is 0.256 e. The van der Waals surface area contributed by atoms with Crippen LogP contribution in [0.2, 0.25) is 0 Å². The first-order chi connectivity index (χ1) is 13.2. The monoisotopic (exact) mass is 355 g/mol. The molecule has 2 aliphatic rings. The first-order valence-corrected chi connectivity index (χ1v) is 9.29. The van der Waals surface area contributed by atoms with Crippen molar-refractivity contribution >= 4 is 11.6 Å². The van der Waals surface area contributed by atoms with Crippen molar-refractivity contribution in [3.05, 3.63) is 101 Å². The predicted octanol–water partition coefficient (Wildman–Crippen LogP) is 3.54. The van der Waals surface area contributed by atoms with Crippen molar-refractivity contribution in [1.82, 2.24) is 4.90 Å². The fourth-order valence-corrected chi connectivity index (χ4v) is 4.36. The van der Waals surface area contributed by atoms with Crippen molar-refractivity contribution in [2.75, 3.05) is 11.4 Å². The molecule has 4 heteroatoms. The van der Waals surface area contributed by atoms with E-state index in [1.165, 1.54) is 16.7 Å². The second kappa shape index (κ2) is 6.25. The van der Waals surface area contributed by atoms with Crippen molar-refractivity contribution in [1.29, 1.82) is 0 Å². The van der Waals surface area contributed by atoms with Crippen LogP contribution >= 0.6 is 0 Å². The maximum atomic E-state index is 13.1. The fourth-order valence-electron chi connectivity index (χ4n) is 4.36. The molecule has 0 bridgehead atoms. The molecule has 2 unspecified atom stereocenters. The lowest BCUT2D eigenvalue weighted by molar-refractivity contribution is 0.0739. The summed E-state index contributed by atoms with van der Waals surface area (Å²) in [5.41, 5.74) is 12.2. The maximum Gasteiger partial charge on any atom is 0.256 e. The second-order valence-electron chi connectivity index (χ2n) is 7.16. The molecule has 5 rings (SSSR count). The maximum absolute atomic E-state index is 13.1. The zero-order valence-electron chi connectivity index (χ0n) is 15.0. The van der Waals surface area contributed by atoms with Crippen molar-refractivity contribution < 1.29 is 4.79 Å². The summed E-state index contributed by atoms with van der Waals surface area (Å²) in [7, 11) is 0. The van der Waals surface area contributed by atoms with Gasteiger partial charge in [0, 0.05) is 17.8 Å². The van der Waals surface area contributed by atoms with Gasteiger partial charge < -0.3 is 9.80 Å². The molecular weight excluding hydrogens is 334 g/mol. The summed E-state index contributed by atoms with van der Waals surface area (Å²) in [5.74, 6) is -0.0221. The molecule has 0 aliphatic carbocycles. The lowest BCUT2D eigenvalue weighted by Gasteiger charge is -2.31. The summed E-state index contributed by atoms with van der Waals surface area (Å²) >= 11 is 0. The standard InChI is InChI=1S/C23H21N3O/c24-23-25(22(27)16-8-2-1-3-9-16)15-21-19-12-6-4-10-17(19)14-18-11-5-7-13-20(18)26(21)23/h1-13,21,23H,14-15,24H2. The molecule has 4 nitrogen and oxygen atoms in total. The summed E-state index contributed by atoms with van der Waals surface area (Å²) in [6.07, 6.45) is 0.397. The van der Waals surface area contributed by atoms with E-state index in [2.05, 4.69) is 47.4 Å². The van der Waals surface area contributed by atoms with Gasteiger partial charge >= 0.3 is 0 Å². The van der Waals surface area contributed by atoms with E-state index < -0.39 is 6.29 Å². The highest BCUT2D eigenvalue weighted by atomic mass is 16.2. The minimum absolute atomic E-state index is 0.0221. The minimum atomic E-state index is -0.491. The van der Waals surface area contributed by atoms with E-state index in [9.17, 15) is 4.79 Å². The van der Waals surface area contributed by atoms with Crippen molar-refractivity contribution in [3.63, 3.8) is 0 Å². The van der Waals surface area contributed by atoms with Crippen LogP contribution in [0.1, 0.15) is 33.1 Å². The lowest BCUT2D eigenvalue weighted by Crippen LogP contribution is -2.49. The summed E-state index contributed by atoms with van der Waals surface area (Å²) in [4.78, 5) is 17.1. The van der Waals surface area contributed by atoms with E-state index in [4.69, 9.17) is 5.73 Å². The Kier molecular flexibility index (Phi) is 3.73. The zero-order valence-corrected chi connectivity index (χ0v) is 15.0. The summed E-state index contributed by atoms with van der Waals surface area (Å²) in [6, 6.07) is 26.3. The Hall–Kier alpha value is -3.11. The van der Waals surface area contributed by atoms with Crippen LogP contribution in [0, 0.1) is 0 Å². The molecular formula is C23H21N3O. The molecule has 0 radical (unpaired) electrons. The van der Waals surface area contributed by atoms with Gasteiger partial charge in [-0.3, -0.25) is 10.5 Å². The highest BCUT2D eigenvalue weighted by Crippen LogP contribution is 2.42.